The summed E-state index contributed by atoms with van der Waals surface area (Å²) in [4.78, 5) is 0. The van der Waals surface area contributed by atoms with Gasteiger partial charge in [-0.2, -0.15) is 0 Å². The van der Waals surface area contributed by atoms with Crippen LogP contribution in [0, 0.1) is 11.8 Å². The summed E-state index contributed by atoms with van der Waals surface area (Å²) in [6, 6.07) is 0. The van der Waals surface area contributed by atoms with E-state index in [-0.39, 0.29) is 5.60 Å². The zero-order valence-corrected chi connectivity index (χ0v) is 14.3. The molecule has 1 fully saturated rings. The molecule has 0 amide bonds. The average molecular weight is 284 g/mol. The van der Waals surface area contributed by atoms with Crippen LogP contribution in [0.4, 0.5) is 0 Å². The average Bonchev–Trinajstić information content (AvgIpc) is 2.49. The quantitative estimate of drug-likeness (QED) is 0.623. The number of ether oxygens (including phenoxy) is 1. The molecule has 1 rings (SSSR count). The lowest BCUT2D eigenvalue weighted by atomic mass is 9.77. The summed E-state index contributed by atoms with van der Waals surface area (Å²) in [6.45, 7) is 8.90. The molecular formula is C18H37NO. The topological polar surface area (TPSA) is 21.3 Å². The predicted molar refractivity (Wildman–Crippen MR) is 88.2 cm³/mol. The van der Waals surface area contributed by atoms with Crippen molar-refractivity contribution in [2.24, 2.45) is 11.8 Å². The fourth-order valence-corrected chi connectivity index (χ4v) is 3.50. The fraction of sp³-hybridized carbons (Fsp3) is 1.00. The second-order valence-electron chi connectivity index (χ2n) is 6.79. The molecule has 0 spiro atoms. The Bertz CT molecular complexity index is 234. The highest BCUT2D eigenvalue weighted by Gasteiger charge is 2.35. The molecule has 0 bridgehead atoms. The van der Waals surface area contributed by atoms with Gasteiger partial charge in [-0.25, -0.2) is 0 Å². The van der Waals surface area contributed by atoms with Crippen LogP contribution in [0.1, 0.15) is 78.6 Å². The maximum atomic E-state index is 6.49. The van der Waals surface area contributed by atoms with E-state index in [4.69, 9.17) is 4.74 Å². The van der Waals surface area contributed by atoms with E-state index in [0.717, 1.165) is 25.0 Å². The largest absolute Gasteiger partial charge is 0.373 e. The molecule has 1 aliphatic rings. The van der Waals surface area contributed by atoms with Crippen molar-refractivity contribution in [1.29, 1.82) is 0 Å². The first-order chi connectivity index (χ1) is 9.69. The van der Waals surface area contributed by atoms with Crippen LogP contribution in [0.5, 0.6) is 0 Å². The Hall–Kier alpha value is -0.0800. The SMILES string of the molecule is CCCCC(CC)COC1(CNC)CCC(CC)CC1. The minimum Gasteiger partial charge on any atom is -0.373 e. The highest BCUT2D eigenvalue weighted by atomic mass is 16.5. The lowest BCUT2D eigenvalue weighted by Crippen LogP contribution is -2.46. The van der Waals surface area contributed by atoms with E-state index in [1.807, 2.05) is 0 Å². The maximum absolute atomic E-state index is 6.49. The summed E-state index contributed by atoms with van der Waals surface area (Å²) in [7, 11) is 2.06. The number of hydrogen-bond donors (Lipinski definition) is 1. The highest BCUT2D eigenvalue weighted by molar-refractivity contribution is 4.89. The molecule has 1 N–H and O–H groups in total. The lowest BCUT2D eigenvalue weighted by Gasteiger charge is -2.41. The summed E-state index contributed by atoms with van der Waals surface area (Å²) in [5.41, 5.74) is 0.125. The van der Waals surface area contributed by atoms with Crippen LogP contribution >= 0.6 is 0 Å². The van der Waals surface area contributed by atoms with Crippen LogP contribution in [0.3, 0.4) is 0 Å². The zero-order chi connectivity index (χ0) is 14.8. The summed E-state index contributed by atoms with van der Waals surface area (Å²) in [5.74, 6) is 1.69. The van der Waals surface area contributed by atoms with E-state index < -0.39 is 0 Å². The van der Waals surface area contributed by atoms with Crippen LogP contribution in [0.25, 0.3) is 0 Å². The molecule has 20 heavy (non-hydrogen) atoms. The van der Waals surface area contributed by atoms with Crippen molar-refractivity contribution in [3.63, 3.8) is 0 Å². The van der Waals surface area contributed by atoms with Gasteiger partial charge in [-0.05, 0) is 51.0 Å². The van der Waals surface area contributed by atoms with Crippen molar-refractivity contribution in [2.75, 3.05) is 20.2 Å². The highest BCUT2D eigenvalue weighted by Crippen LogP contribution is 2.36. The molecule has 0 radical (unpaired) electrons. The number of hydrogen-bond acceptors (Lipinski definition) is 2. The van der Waals surface area contributed by atoms with E-state index >= 15 is 0 Å². The van der Waals surface area contributed by atoms with E-state index in [0.29, 0.717) is 0 Å². The van der Waals surface area contributed by atoms with Gasteiger partial charge in [0, 0.05) is 6.54 Å². The normalized spacial score (nSPS) is 28.5. The van der Waals surface area contributed by atoms with Crippen LogP contribution in [0.2, 0.25) is 0 Å². The molecule has 1 unspecified atom stereocenters. The molecule has 0 aliphatic heterocycles. The second kappa shape index (κ2) is 9.78. The summed E-state index contributed by atoms with van der Waals surface area (Å²) in [5, 5.41) is 3.37. The van der Waals surface area contributed by atoms with Crippen molar-refractivity contribution in [2.45, 2.75) is 84.2 Å². The number of rotatable bonds is 10. The van der Waals surface area contributed by atoms with Gasteiger partial charge >= 0.3 is 0 Å². The predicted octanol–water partition coefficient (Wildman–Crippen LogP) is 4.78. The molecule has 0 aromatic carbocycles. The Kier molecular flexibility index (Phi) is 8.79. The molecule has 0 aromatic heterocycles. The van der Waals surface area contributed by atoms with Crippen LogP contribution in [-0.2, 0) is 4.74 Å². The smallest absolute Gasteiger partial charge is 0.0806 e. The van der Waals surface area contributed by atoms with Crippen molar-refractivity contribution in [3.05, 3.63) is 0 Å². The van der Waals surface area contributed by atoms with Crippen molar-refractivity contribution >= 4 is 0 Å². The van der Waals surface area contributed by atoms with E-state index in [9.17, 15) is 0 Å². The zero-order valence-electron chi connectivity index (χ0n) is 14.3. The first-order valence-corrected chi connectivity index (χ1v) is 8.98. The first-order valence-electron chi connectivity index (χ1n) is 8.98. The van der Waals surface area contributed by atoms with Gasteiger partial charge in [0.15, 0.2) is 0 Å². The fourth-order valence-electron chi connectivity index (χ4n) is 3.50. The summed E-state index contributed by atoms with van der Waals surface area (Å²) < 4.78 is 6.49. The number of nitrogens with one attached hydrogen (secondary N) is 1. The molecule has 1 atom stereocenters. The molecule has 0 heterocycles. The van der Waals surface area contributed by atoms with Gasteiger partial charge in [0.1, 0.15) is 0 Å². The maximum Gasteiger partial charge on any atom is 0.0806 e. The molecular weight excluding hydrogens is 246 g/mol. The molecule has 2 heteroatoms. The van der Waals surface area contributed by atoms with Crippen LogP contribution in [0.15, 0.2) is 0 Å². The van der Waals surface area contributed by atoms with Gasteiger partial charge in [-0.1, -0.05) is 46.5 Å². The van der Waals surface area contributed by atoms with Crippen LogP contribution in [-0.4, -0.2) is 25.8 Å². The van der Waals surface area contributed by atoms with E-state index in [2.05, 4.69) is 33.1 Å². The van der Waals surface area contributed by atoms with E-state index in [1.54, 1.807) is 0 Å². The molecule has 120 valence electrons. The van der Waals surface area contributed by atoms with Gasteiger partial charge in [0.25, 0.3) is 0 Å². The van der Waals surface area contributed by atoms with Gasteiger partial charge in [-0.3, -0.25) is 0 Å². The molecule has 0 saturated heterocycles. The van der Waals surface area contributed by atoms with Gasteiger partial charge < -0.3 is 10.1 Å². The molecule has 0 aromatic rings. The molecule has 1 aliphatic carbocycles. The Morgan fingerprint density at radius 1 is 1.20 bits per heavy atom. The van der Waals surface area contributed by atoms with Crippen molar-refractivity contribution in [1.82, 2.24) is 5.32 Å². The summed E-state index contributed by atoms with van der Waals surface area (Å²) in [6.07, 6.45) is 11.8. The Labute approximate surface area is 127 Å². The standard InChI is InChI=1S/C18H37NO/c1-5-8-9-17(7-3)14-20-18(15-19-4)12-10-16(6-2)11-13-18/h16-17,19H,5-15H2,1-4H3. The Balaban J connectivity index is 2.45. The van der Waals surface area contributed by atoms with Crippen molar-refractivity contribution in [3.8, 4) is 0 Å². The second-order valence-corrected chi connectivity index (χ2v) is 6.79. The molecule has 1 saturated carbocycles. The Morgan fingerprint density at radius 3 is 2.40 bits per heavy atom. The third kappa shape index (κ3) is 5.73. The van der Waals surface area contributed by atoms with Gasteiger partial charge in [0.05, 0.1) is 12.2 Å². The number of unbranched alkanes of at least 4 members (excludes halogenated alkanes) is 1. The number of likely N-dealkylation sites (N-methyl/N-ethyl adjacent to an activating group) is 1. The third-order valence-electron chi connectivity index (χ3n) is 5.26. The molecule has 2 nitrogen and oxygen atoms in total. The minimum atomic E-state index is 0.125. The first kappa shape index (κ1) is 18.0. The van der Waals surface area contributed by atoms with Gasteiger partial charge in [0.2, 0.25) is 0 Å². The minimum absolute atomic E-state index is 0.125. The third-order valence-corrected chi connectivity index (χ3v) is 5.26. The van der Waals surface area contributed by atoms with Gasteiger partial charge in [-0.15, -0.1) is 0 Å². The lowest BCUT2D eigenvalue weighted by molar-refractivity contribution is -0.0892. The monoisotopic (exact) mass is 283 g/mol. The van der Waals surface area contributed by atoms with Crippen molar-refractivity contribution < 1.29 is 4.74 Å². The summed E-state index contributed by atoms with van der Waals surface area (Å²) >= 11 is 0. The van der Waals surface area contributed by atoms with Crippen LogP contribution < -0.4 is 5.32 Å². The van der Waals surface area contributed by atoms with E-state index in [1.165, 1.54) is 57.8 Å². The Morgan fingerprint density at radius 2 is 1.90 bits per heavy atom.